The van der Waals surface area contributed by atoms with Crippen molar-refractivity contribution in [3.05, 3.63) is 33.8 Å². The number of aliphatic hydroxyl groups is 1. The number of halogens is 1. The summed E-state index contributed by atoms with van der Waals surface area (Å²) in [5.74, 6) is 0. The Morgan fingerprint density at radius 2 is 2.16 bits per heavy atom. The first-order valence-electron chi connectivity index (χ1n) is 6.57. The van der Waals surface area contributed by atoms with Crippen LogP contribution in [0.4, 0.5) is 0 Å². The molecule has 2 aliphatic rings. The summed E-state index contributed by atoms with van der Waals surface area (Å²) in [5.41, 5.74) is 0.723. The lowest BCUT2D eigenvalue weighted by Crippen LogP contribution is -2.51. The second kappa shape index (κ2) is 4.59. The molecule has 19 heavy (non-hydrogen) atoms. The Labute approximate surface area is 121 Å². The van der Waals surface area contributed by atoms with Gasteiger partial charge in [0.25, 0.3) is 0 Å². The molecule has 3 rings (SSSR count). The van der Waals surface area contributed by atoms with Gasteiger partial charge in [-0.2, -0.15) is 5.26 Å². The van der Waals surface area contributed by atoms with E-state index >= 15 is 0 Å². The van der Waals surface area contributed by atoms with E-state index < -0.39 is 11.0 Å². The molecule has 1 fully saturated rings. The standard InChI is InChI=1S/C15H16BrNO2/c16-13-2-1-12-8-15(18,4-3-11(12)7-13)14(9-17)5-6-19-10-14/h1-2,7,18H,3-6,8,10H2. The highest BCUT2D eigenvalue weighted by atomic mass is 79.9. The van der Waals surface area contributed by atoms with Crippen molar-refractivity contribution in [1.29, 1.82) is 5.26 Å². The number of aryl methyl sites for hydroxylation is 1. The van der Waals surface area contributed by atoms with Crippen LogP contribution < -0.4 is 0 Å². The highest BCUT2D eigenvalue weighted by molar-refractivity contribution is 9.10. The van der Waals surface area contributed by atoms with Crippen LogP contribution in [-0.4, -0.2) is 23.9 Å². The van der Waals surface area contributed by atoms with E-state index in [9.17, 15) is 10.4 Å². The van der Waals surface area contributed by atoms with E-state index in [2.05, 4.69) is 28.1 Å². The van der Waals surface area contributed by atoms with Crippen molar-refractivity contribution in [1.82, 2.24) is 0 Å². The average Bonchev–Trinajstić information content (AvgIpc) is 2.90. The SMILES string of the molecule is N#CC1(C2(O)CCc3cc(Br)ccc3C2)CCOC1. The van der Waals surface area contributed by atoms with Crippen molar-refractivity contribution in [2.75, 3.05) is 13.2 Å². The number of rotatable bonds is 1. The normalized spacial score (nSPS) is 33.7. The molecule has 1 saturated heterocycles. The van der Waals surface area contributed by atoms with Gasteiger partial charge in [0.1, 0.15) is 5.41 Å². The highest BCUT2D eigenvalue weighted by Gasteiger charge is 2.54. The summed E-state index contributed by atoms with van der Waals surface area (Å²) >= 11 is 3.47. The second-order valence-corrected chi connectivity index (χ2v) is 6.53. The maximum atomic E-state index is 11.0. The molecule has 100 valence electrons. The predicted octanol–water partition coefficient (Wildman–Crippen LogP) is 2.60. The molecular formula is C15H16BrNO2. The minimum Gasteiger partial charge on any atom is -0.388 e. The molecular weight excluding hydrogens is 306 g/mol. The molecule has 1 aliphatic carbocycles. The number of fused-ring (bicyclic) bond motifs is 1. The van der Waals surface area contributed by atoms with Crippen molar-refractivity contribution < 1.29 is 9.84 Å². The number of nitriles is 1. The van der Waals surface area contributed by atoms with Crippen LogP contribution in [-0.2, 0) is 17.6 Å². The lowest BCUT2D eigenvalue weighted by atomic mass is 9.64. The fourth-order valence-electron chi connectivity index (χ4n) is 3.28. The van der Waals surface area contributed by atoms with Crippen LogP contribution in [0.1, 0.15) is 24.0 Å². The van der Waals surface area contributed by atoms with Crippen LogP contribution in [0.25, 0.3) is 0 Å². The van der Waals surface area contributed by atoms with Crippen LogP contribution in [0.2, 0.25) is 0 Å². The zero-order chi connectivity index (χ0) is 13.5. The van der Waals surface area contributed by atoms with Crippen molar-refractivity contribution in [2.24, 2.45) is 5.41 Å². The number of hydrogen-bond acceptors (Lipinski definition) is 3. The molecule has 1 heterocycles. The van der Waals surface area contributed by atoms with Gasteiger partial charge in [-0.15, -0.1) is 0 Å². The van der Waals surface area contributed by atoms with E-state index in [4.69, 9.17) is 4.74 Å². The maximum absolute atomic E-state index is 11.0. The smallest absolute Gasteiger partial charge is 0.112 e. The first-order chi connectivity index (χ1) is 9.09. The summed E-state index contributed by atoms with van der Waals surface area (Å²) in [6.45, 7) is 0.926. The fraction of sp³-hybridized carbons (Fsp3) is 0.533. The van der Waals surface area contributed by atoms with Crippen molar-refractivity contribution >= 4 is 15.9 Å². The number of benzene rings is 1. The Hall–Kier alpha value is -0.890. The lowest BCUT2D eigenvalue weighted by Gasteiger charge is -2.42. The Balaban J connectivity index is 1.96. The van der Waals surface area contributed by atoms with E-state index in [0.29, 0.717) is 32.5 Å². The van der Waals surface area contributed by atoms with Crippen molar-refractivity contribution in [3.8, 4) is 6.07 Å². The molecule has 0 amide bonds. The molecule has 2 unspecified atom stereocenters. The quantitative estimate of drug-likeness (QED) is 0.865. The van der Waals surface area contributed by atoms with Gasteiger partial charge in [-0.1, -0.05) is 22.0 Å². The summed E-state index contributed by atoms with van der Waals surface area (Å²) < 4.78 is 6.45. The predicted molar refractivity (Wildman–Crippen MR) is 74.6 cm³/mol. The Morgan fingerprint density at radius 3 is 2.84 bits per heavy atom. The maximum Gasteiger partial charge on any atom is 0.112 e. The zero-order valence-electron chi connectivity index (χ0n) is 10.7. The minimum absolute atomic E-state index is 0.353. The monoisotopic (exact) mass is 321 g/mol. The van der Waals surface area contributed by atoms with Gasteiger partial charge in [-0.25, -0.2) is 0 Å². The van der Waals surface area contributed by atoms with Gasteiger partial charge in [0.2, 0.25) is 0 Å². The van der Waals surface area contributed by atoms with Gasteiger partial charge < -0.3 is 9.84 Å². The van der Waals surface area contributed by atoms with Crippen LogP contribution in [0, 0.1) is 16.7 Å². The summed E-state index contributed by atoms with van der Waals surface area (Å²) in [5, 5.41) is 20.6. The van der Waals surface area contributed by atoms with Gasteiger partial charge in [-0.05, 0) is 42.5 Å². The summed E-state index contributed by atoms with van der Waals surface area (Å²) in [6, 6.07) is 8.50. The van der Waals surface area contributed by atoms with Crippen molar-refractivity contribution in [2.45, 2.75) is 31.3 Å². The van der Waals surface area contributed by atoms with Gasteiger partial charge in [0.05, 0.1) is 18.3 Å². The fourth-order valence-corrected chi connectivity index (χ4v) is 3.69. The van der Waals surface area contributed by atoms with Gasteiger partial charge >= 0.3 is 0 Å². The van der Waals surface area contributed by atoms with E-state index in [1.807, 2.05) is 12.1 Å². The van der Waals surface area contributed by atoms with Gasteiger partial charge in [0.15, 0.2) is 0 Å². The zero-order valence-corrected chi connectivity index (χ0v) is 12.2. The molecule has 2 atom stereocenters. The largest absolute Gasteiger partial charge is 0.388 e. The summed E-state index contributed by atoms with van der Waals surface area (Å²) in [4.78, 5) is 0. The third-order valence-corrected chi connectivity index (χ3v) is 5.08. The second-order valence-electron chi connectivity index (χ2n) is 5.62. The first-order valence-corrected chi connectivity index (χ1v) is 7.37. The first kappa shape index (κ1) is 13.1. The molecule has 0 radical (unpaired) electrons. The van der Waals surface area contributed by atoms with E-state index in [1.165, 1.54) is 5.56 Å². The molecule has 0 aromatic heterocycles. The molecule has 0 spiro atoms. The van der Waals surface area contributed by atoms with E-state index in [1.54, 1.807) is 0 Å². The lowest BCUT2D eigenvalue weighted by molar-refractivity contribution is -0.0680. The Bertz CT molecular complexity index is 546. The molecule has 0 bridgehead atoms. The van der Waals surface area contributed by atoms with E-state index in [-0.39, 0.29) is 0 Å². The van der Waals surface area contributed by atoms with Crippen LogP contribution in [0.15, 0.2) is 22.7 Å². The topological polar surface area (TPSA) is 53.2 Å². The third kappa shape index (κ3) is 2.01. The Morgan fingerprint density at radius 1 is 1.32 bits per heavy atom. The summed E-state index contributed by atoms with van der Waals surface area (Å²) in [7, 11) is 0. The van der Waals surface area contributed by atoms with Crippen LogP contribution >= 0.6 is 15.9 Å². The molecule has 3 nitrogen and oxygen atoms in total. The number of hydrogen-bond donors (Lipinski definition) is 1. The highest BCUT2D eigenvalue weighted by Crippen LogP contribution is 2.46. The molecule has 4 heteroatoms. The summed E-state index contributed by atoms with van der Waals surface area (Å²) in [6.07, 6.45) is 2.63. The molecule has 1 aromatic rings. The van der Waals surface area contributed by atoms with Crippen LogP contribution in [0.5, 0.6) is 0 Å². The van der Waals surface area contributed by atoms with Crippen LogP contribution in [0.3, 0.4) is 0 Å². The van der Waals surface area contributed by atoms with E-state index in [0.717, 1.165) is 16.5 Å². The number of ether oxygens (including phenoxy) is 1. The van der Waals surface area contributed by atoms with Gasteiger partial charge in [-0.3, -0.25) is 0 Å². The van der Waals surface area contributed by atoms with Gasteiger partial charge in [0, 0.05) is 17.5 Å². The van der Waals surface area contributed by atoms with Crippen molar-refractivity contribution in [3.63, 3.8) is 0 Å². The Kier molecular flexibility index (Phi) is 3.17. The molecule has 0 saturated carbocycles. The number of nitrogens with zero attached hydrogens (tertiary/aromatic N) is 1. The molecule has 1 N–H and O–H groups in total. The average molecular weight is 322 g/mol. The third-order valence-electron chi connectivity index (χ3n) is 4.59. The molecule has 1 aliphatic heterocycles. The molecule has 1 aromatic carbocycles. The minimum atomic E-state index is -0.959.